The molecule has 0 aliphatic rings. The molecule has 0 radical (unpaired) electrons. The fraction of sp³-hybridized carbons (Fsp3) is 0.481. The number of nitrogens with one attached hydrogen (secondary N) is 2. The Bertz CT molecular complexity index is 1570. The molecule has 0 aromatic heterocycles. The zero-order chi connectivity index (χ0) is 43.4. The second kappa shape index (κ2) is 14.3. The minimum Gasteiger partial charge on any atom is -0.321 e. The first-order chi connectivity index (χ1) is 24.3. The Hall–Kier alpha value is -4.30. The van der Waals surface area contributed by atoms with E-state index in [1.807, 2.05) is 0 Å². The smallest absolute Gasteiger partial charge is 0.321 e. The first kappa shape index (κ1) is 46.9. The summed E-state index contributed by atoms with van der Waals surface area (Å²) in [6, 6.07) is 5.26. The molecule has 0 saturated carbocycles. The van der Waals surface area contributed by atoms with E-state index in [9.17, 15) is 115 Å². The molecular weight excluding hydrogens is 840 g/mol. The largest absolute Gasteiger partial charge is 0.393 e. The molecule has 312 valence electrons. The van der Waals surface area contributed by atoms with Crippen molar-refractivity contribution in [2.45, 2.75) is 78.5 Å². The van der Waals surface area contributed by atoms with E-state index in [1.165, 1.54) is 0 Å². The summed E-state index contributed by atoms with van der Waals surface area (Å²) in [7, 11) is 0. The Morgan fingerprint density at radius 2 is 0.636 bits per heavy atom. The topological polar surface area (TPSA) is 58.2 Å². The van der Waals surface area contributed by atoms with Gasteiger partial charge in [-0.2, -0.15) is 87.8 Å². The zero-order valence-corrected chi connectivity index (χ0v) is 25.4. The normalized spacial score (nSPS) is 14.7. The van der Waals surface area contributed by atoms with Crippen LogP contribution in [-0.2, 0) is 16.0 Å². The molecule has 0 atom stereocenters. The fourth-order valence-corrected chi connectivity index (χ4v) is 3.83. The van der Waals surface area contributed by atoms with Crippen LogP contribution in [-0.4, -0.2) is 83.9 Å². The molecule has 2 rings (SSSR count). The van der Waals surface area contributed by atoms with Gasteiger partial charge in [0.2, 0.25) is 0 Å². The van der Waals surface area contributed by atoms with E-state index in [0.717, 1.165) is 34.9 Å². The Kier molecular flexibility index (Phi) is 12.2. The summed E-state index contributed by atoms with van der Waals surface area (Å²) >= 11 is 0. The number of amides is 2. The highest BCUT2D eigenvalue weighted by atomic mass is 19.4. The average Bonchev–Trinajstić information content (AvgIpc) is 3.05. The van der Waals surface area contributed by atoms with E-state index in [4.69, 9.17) is 0 Å². The molecular formula is C27H14F24N2O2. The molecule has 0 bridgehead atoms. The van der Waals surface area contributed by atoms with Crippen LogP contribution in [0.3, 0.4) is 0 Å². The Labute approximate surface area is 287 Å². The van der Waals surface area contributed by atoms with Crippen molar-refractivity contribution in [1.82, 2.24) is 0 Å². The third-order valence-electron chi connectivity index (χ3n) is 7.15. The van der Waals surface area contributed by atoms with Gasteiger partial charge in [0.05, 0.1) is 0 Å². The van der Waals surface area contributed by atoms with Crippen LogP contribution in [0.2, 0.25) is 0 Å². The number of alkyl halides is 24. The van der Waals surface area contributed by atoms with Crippen LogP contribution in [0.25, 0.3) is 0 Å². The molecule has 2 amide bonds. The second-order valence-corrected chi connectivity index (χ2v) is 10.9. The zero-order valence-electron chi connectivity index (χ0n) is 25.4. The summed E-state index contributed by atoms with van der Waals surface area (Å²) in [5.74, 6) is -82.9. The van der Waals surface area contributed by atoms with Crippen molar-refractivity contribution in [2.24, 2.45) is 0 Å². The number of carbonyl (C=O) groups is 2. The van der Waals surface area contributed by atoms with Crippen LogP contribution in [0.1, 0.15) is 11.1 Å². The van der Waals surface area contributed by atoms with E-state index < -0.39 is 102 Å². The van der Waals surface area contributed by atoms with Gasteiger partial charge in [-0.25, -0.2) is 17.6 Å². The lowest BCUT2D eigenvalue weighted by Crippen LogP contribution is -2.70. The molecule has 4 nitrogen and oxygen atoms in total. The Balaban J connectivity index is 2.20. The SMILES string of the molecule is O=C(Nc1ccc(Cc2ccc(NC(=O)C(F)(F)C(F)(F)C(F)(F)C(F)(F)C(F)(F)C(F)F)cc2)cc1)C(F)(F)C(F)(F)C(F)(F)C(F)(F)C(F)(F)C(F)F. The molecule has 55 heavy (non-hydrogen) atoms. The van der Waals surface area contributed by atoms with Gasteiger partial charge in [0.25, 0.3) is 0 Å². The molecule has 0 fully saturated rings. The lowest BCUT2D eigenvalue weighted by molar-refractivity contribution is -0.406. The number of hydrogen-bond acceptors (Lipinski definition) is 2. The van der Waals surface area contributed by atoms with Crippen LogP contribution >= 0.6 is 0 Å². The molecule has 0 heterocycles. The number of anilines is 2. The Morgan fingerprint density at radius 1 is 0.400 bits per heavy atom. The lowest BCUT2D eigenvalue weighted by atomic mass is 9.94. The van der Waals surface area contributed by atoms with Crippen LogP contribution in [0, 0.1) is 0 Å². The number of halogens is 24. The third kappa shape index (κ3) is 7.39. The first-order valence-electron chi connectivity index (χ1n) is 13.5. The highest BCUT2D eigenvalue weighted by Crippen LogP contribution is 2.59. The second-order valence-electron chi connectivity index (χ2n) is 10.9. The molecule has 0 saturated heterocycles. The highest BCUT2D eigenvalue weighted by molar-refractivity contribution is 5.97. The van der Waals surface area contributed by atoms with E-state index in [2.05, 4.69) is 0 Å². The highest BCUT2D eigenvalue weighted by Gasteiger charge is 2.90. The molecule has 2 N–H and O–H groups in total. The van der Waals surface area contributed by atoms with Crippen LogP contribution in [0.4, 0.5) is 117 Å². The van der Waals surface area contributed by atoms with Gasteiger partial charge in [0, 0.05) is 11.4 Å². The predicted octanol–water partition coefficient (Wildman–Crippen LogP) is 10.0. The van der Waals surface area contributed by atoms with Crippen molar-refractivity contribution in [3.63, 3.8) is 0 Å². The summed E-state index contributed by atoms with van der Waals surface area (Å²) in [4.78, 5) is 23.4. The van der Waals surface area contributed by atoms with Crippen molar-refractivity contribution >= 4 is 23.2 Å². The molecule has 28 heteroatoms. The number of hydrogen-bond donors (Lipinski definition) is 2. The van der Waals surface area contributed by atoms with Gasteiger partial charge < -0.3 is 10.6 Å². The summed E-state index contributed by atoms with van der Waals surface area (Å²) in [5, 5.41) is 1.69. The summed E-state index contributed by atoms with van der Waals surface area (Å²) < 4.78 is 320. The van der Waals surface area contributed by atoms with E-state index >= 15 is 0 Å². The quantitative estimate of drug-likeness (QED) is 0.165. The minimum absolute atomic E-state index is 0.0396. The van der Waals surface area contributed by atoms with E-state index in [-0.39, 0.29) is 11.1 Å². The lowest BCUT2D eigenvalue weighted by Gasteiger charge is -2.38. The maximum Gasteiger partial charge on any atom is 0.393 e. The van der Waals surface area contributed by atoms with Crippen molar-refractivity contribution < 1.29 is 115 Å². The molecule has 2 aromatic carbocycles. The Morgan fingerprint density at radius 3 is 0.855 bits per heavy atom. The maximum atomic E-state index is 14.0. The van der Waals surface area contributed by atoms with Gasteiger partial charge >= 0.3 is 83.9 Å². The molecule has 0 unspecified atom stereocenters. The molecule has 0 aliphatic heterocycles. The first-order valence-corrected chi connectivity index (χ1v) is 13.5. The van der Waals surface area contributed by atoms with Crippen molar-refractivity contribution in [3.05, 3.63) is 59.7 Å². The van der Waals surface area contributed by atoms with Crippen molar-refractivity contribution in [3.8, 4) is 0 Å². The molecule has 0 spiro atoms. The average molecular weight is 854 g/mol. The van der Waals surface area contributed by atoms with Gasteiger partial charge in [-0.15, -0.1) is 0 Å². The van der Waals surface area contributed by atoms with Crippen LogP contribution in [0.15, 0.2) is 48.5 Å². The van der Waals surface area contributed by atoms with E-state index in [0.29, 0.717) is 24.3 Å². The van der Waals surface area contributed by atoms with Gasteiger partial charge in [0.1, 0.15) is 0 Å². The van der Waals surface area contributed by atoms with Gasteiger partial charge in [-0.3, -0.25) is 9.59 Å². The molecule has 2 aromatic rings. The predicted molar refractivity (Wildman–Crippen MR) is 134 cm³/mol. The number of rotatable bonds is 16. The fourth-order valence-electron chi connectivity index (χ4n) is 3.83. The molecule has 0 aliphatic carbocycles. The summed E-state index contributed by atoms with van der Waals surface area (Å²) in [5.41, 5.74) is -2.12. The van der Waals surface area contributed by atoms with Gasteiger partial charge in [-0.1, -0.05) is 24.3 Å². The van der Waals surface area contributed by atoms with Crippen LogP contribution < -0.4 is 10.6 Å². The monoisotopic (exact) mass is 854 g/mol. The van der Waals surface area contributed by atoms with Crippen molar-refractivity contribution in [1.29, 1.82) is 0 Å². The van der Waals surface area contributed by atoms with E-state index in [1.54, 1.807) is 0 Å². The number of benzene rings is 2. The minimum atomic E-state index is -7.99. The third-order valence-corrected chi connectivity index (χ3v) is 7.15. The maximum absolute atomic E-state index is 14.0. The standard InChI is InChI=1S/C27H14F24N2O2/c28-14(29)18(32,33)22(40,41)26(48,49)24(44,45)20(36,37)16(54)52-12-5-1-10(2-6-12)9-11-3-7-13(8-4-11)53-17(55)21(38,39)25(46,47)27(50,51)23(42,43)19(34,35)15(30)31/h1-8,14-15H,9H2,(H,52,54)(H,53,55). The van der Waals surface area contributed by atoms with Gasteiger partial charge in [-0.05, 0) is 41.8 Å². The van der Waals surface area contributed by atoms with Crippen LogP contribution in [0.5, 0.6) is 0 Å². The number of carbonyl (C=O) groups excluding carboxylic acids is 2. The summed E-state index contributed by atoms with van der Waals surface area (Å²) in [6.45, 7) is 0. The summed E-state index contributed by atoms with van der Waals surface area (Å²) in [6.07, 6.45) is -12.0. The van der Waals surface area contributed by atoms with Crippen molar-refractivity contribution in [2.75, 3.05) is 10.6 Å². The van der Waals surface area contributed by atoms with Gasteiger partial charge in [0.15, 0.2) is 0 Å².